The van der Waals surface area contributed by atoms with Crippen molar-refractivity contribution in [3.05, 3.63) is 29.8 Å². The molecule has 88 valence electrons. The van der Waals surface area contributed by atoms with Crippen molar-refractivity contribution < 1.29 is 9.53 Å². The molecule has 4 nitrogen and oxygen atoms in total. The van der Waals surface area contributed by atoms with Crippen LogP contribution in [0.1, 0.15) is 18.4 Å². The predicted molar refractivity (Wildman–Crippen MR) is 63.8 cm³/mol. The fourth-order valence-electron chi connectivity index (χ4n) is 1.26. The second kappa shape index (κ2) is 6.85. The maximum atomic E-state index is 10.9. The number of ether oxygens (including phenoxy) is 1. The van der Waals surface area contributed by atoms with Gasteiger partial charge in [-0.1, -0.05) is 12.1 Å². The Kier molecular flexibility index (Phi) is 5.36. The third-order valence-electron chi connectivity index (χ3n) is 2.22. The quantitative estimate of drug-likeness (QED) is 0.563. The van der Waals surface area contributed by atoms with Gasteiger partial charge < -0.3 is 15.8 Å². The van der Waals surface area contributed by atoms with Crippen LogP contribution in [0.2, 0.25) is 0 Å². The lowest BCUT2D eigenvalue weighted by atomic mass is 10.2. The van der Waals surface area contributed by atoms with E-state index in [2.05, 4.69) is 5.32 Å². The van der Waals surface area contributed by atoms with Crippen molar-refractivity contribution in [1.82, 2.24) is 5.32 Å². The highest BCUT2D eigenvalue weighted by Gasteiger charge is 1.97. The molecule has 0 saturated carbocycles. The second-order valence-corrected chi connectivity index (χ2v) is 3.57. The lowest BCUT2D eigenvalue weighted by molar-refractivity contribution is -0.120. The highest BCUT2D eigenvalue weighted by molar-refractivity contribution is 5.75. The van der Waals surface area contributed by atoms with Crippen LogP contribution in [-0.2, 0) is 16.1 Å². The van der Waals surface area contributed by atoms with Crippen molar-refractivity contribution in [3.8, 4) is 0 Å². The molecular formula is C12H18N2O2. The number of benzene rings is 1. The summed E-state index contributed by atoms with van der Waals surface area (Å²) in [6, 6.07) is 7.58. The van der Waals surface area contributed by atoms with Crippen LogP contribution in [0.25, 0.3) is 0 Å². The summed E-state index contributed by atoms with van der Waals surface area (Å²) >= 11 is 0. The molecule has 1 rings (SSSR count). The maximum Gasteiger partial charge on any atom is 0.219 e. The van der Waals surface area contributed by atoms with Gasteiger partial charge in [-0.05, 0) is 24.1 Å². The topological polar surface area (TPSA) is 64.3 Å². The highest BCUT2D eigenvalue weighted by atomic mass is 16.5. The largest absolute Gasteiger partial charge is 0.399 e. The summed E-state index contributed by atoms with van der Waals surface area (Å²) < 4.78 is 5.43. The molecule has 0 heterocycles. The standard InChI is InChI=1S/C12H18N2O2/c1-14-12(15)3-2-8-16-9-10-4-6-11(13)7-5-10/h4-7H,2-3,8-9,13H2,1H3,(H,14,15). The minimum Gasteiger partial charge on any atom is -0.399 e. The van der Waals surface area contributed by atoms with Crippen LogP contribution >= 0.6 is 0 Å². The molecule has 0 saturated heterocycles. The number of amides is 1. The van der Waals surface area contributed by atoms with Gasteiger partial charge in [0.25, 0.3) is 0 Å². The van der Waals surface area contributed by atoms with Crippen molar-refractivity contribution in [3.63, 3.8) is 0 Å². The molecule has 0 bridgehead atoms. The summed E-state index contributed by atoms with van der Waals surface area (Å²) in [5.74, 6) is 0.0519. The number of nitrogens with two attached hydrogens (primary N) is 1. The Morgan fingerprint density at radius 1 is 1.38 bits per heavy atom. The Bertz CT molecular complexity index is 322. The van der Waals surface area contributed by atoms with E-state index in [1.54, 1.807) is 7.05 Å². The Balaban J connectivity index is 2.11. The fourth-order valence-corrected chi connectivity index (χ4v) is 1.26. The minimum atomic E-state index is 0.0519. The van der Waals surface area contributed by atoms with E-state index in [9.17, 15) is 4.79 Å². The van der Waals surface area contributed by atoms with Crippen molar-refractivity contribution in [2.24, 2.45) is 0 Å². The van der Waals surface area contributed by atoms with Crippen LogP contribution < -0.4 is 11.1 Å². The normalized spacial score (nSPS) is 10.1. The smallest absolute Gasteiger partial charge is 0.219 e. The van der Waals surface area contributed by atoms with Gasteiger partial charge in [-0.2, -0.15) is 0 Å². The van der Waals surface area contributed by atoms with Crippen molar-refractivity contribution >= 4 is 11.6 Å². The zero-order valence-electron chi connectivity index (χ0n) is 9.53. The number of carbonyl (C=O) groups excluding carboxylic acids is 1. The van der Waals surface area contributed by atoms with E-state index in [1.807, 2.05) is 24.3 Å². The fraction of sp³-hybridized carbons (Fsp3) is 0.417. The van der Waals surface area contributed by atoms with Crippen LogP contribution in [0.15, 0.2) is 24.3 Å². The second-order valence-electron chi connectivity index (χ2n) is 3.57. The first-order valence-electron chi connectivity index (χ1n) is 5.35. The van der Waals surface area contributed by atoms with Crippen molar-refractivity contribution in [2.45, 2.75) is 19.4 Å². The number of hydrogen-bond donors (Lipinski definition) is 2. The van der Waals surface area contributed by atoms with Crippen LogP contribution in [-0.4, -0.2) is 19.6 Å². The molecule has 16 heavy (non-hydrogen) atoms. The third kappa shape index (κ3) is 4.79. The van der Waals surface area contributed by atoms with Gasteiger partial charge in [0.05, 0.1) is 6.61 Å². The Hall–Kier alpha value is -1.55. The molecule has 1 aromatic rings. The summed E-state index contributed by atoms with van der Waals surface area (Å²) in [4.78, 5) is 10.9. The average Bonchev–Trinajstić information content (AvgIpc) is 2.31. The summed E-state index contributed by atoms with van der Waals surface area (Å²) in [6.45, 7) is 1.16. The monoisotopic (exact) mass is 222 g/mol. The van der Waals surface area contributed by atoms with Gasteiger partial charge >= 0.3 is 0 Å². The van der Waals surface area contributed by atoms with Crippen LogP contribution in [0.4, 0.5) is 5.69 Å². The molecule has 0 fully saturated rings. The van der Waals surface area contributed by atoms with E-state index < -0.39 is 0 Å². The molecule has 3 N–H and O–H groups in total. The number of anilines is 1. The third-order valence-corrected chi connectivity index (χ3v) is 2.22. The average molecular weight is 222 g/mol. The first kappa shape index (κ1) is 12.5. The summed E-state index contributed by atoms with van der Waals surface area (Å²) in [6.07, 6.45) is 1.26. The number of hydrogen-bond acceptors (Lipinski definition) is 3. The van der Waals surface area contributed by atoms with Gasteiger partial charge in [-0.3, -0.25) is 4.79 Å². The van der Waals surface area contributed by atoms with E-state index in [-0.39, 0.29) is 5.91 Å². The van der Waals surface area contributed by atoms with Gasteiger partial charge in [-0.25, -0.2) is 0 Å². The van der Waals surface area contributed by atoms with Gasteiger partial charge in [-0.15, -0.1) is 0 Å². The number of rotatable bonds is 6. The molecule has 1 amide bonds. The molecule has 4 heteroatoms. The van der Waals surface area contributed by atoms with Gasteiger partial charge in [0, 0.05) is 25.8 Å². The zero-order valence-corrected chi connectivity index (χ0v) is 9.53. The minimum absolute atomic E-state index is 0.0519. The maximum absolute atomic E-state index is 10.9. The van der Waals surface area contributed by atoms with Crippen LogP contribution in [0.3, 0.4) is 0 Å². The first-order chi connectivity index (χ1) is 7.72. The van der Waals surface area contributed by atoms with Crippen LogP contribution in [0, 0.1) is 0 Å². The highest BCUT2D eigenvalue weighted by Crippen LogP contribution is 2.06. The lowest BCUT2D eigenvalue weighted by Gasteiger charge is -2.04. The predicted octanol–water partition coefficient (Wildman–Crippen LogP) is 1.31. The van der Waals surface area contributed by atoms with E-state index in [0.29, 0.717) is 19.6 Å². The van der Waals surface area contributed by atoms with E-state index in [1.165, 1.54) is 0 Å². The molecular weight excluding hydrogens is 204 g/mol. The van der Waals surface area contributed by atoms with Gasteiger partial charge in [0.1, 0.15) is 0 Å². The molecule has 0 spiro atoms. The molecule has 0 aromatic heterocycles. The molecule has 0 unspecified atom stereocenters. The SMILES string of the molecule is CNC(=O)CCCOCc1ccc(N)cc1. The Morgan fingerprint density at radius 3 is 2.69 bits per heavy atom. The van der Waals surface area contributed by atoms with Gasteiger partial charge in [0.15, 0.2) is 0 Å². The molecule has 1 aromatic carbocycles. The number of nitrogens with one attached hydrogen (secondary N) is 1. The lowest BCUT2D eigenvalue weighted by Crippen LogP contribution is -2.17. The molecule has 0 atom stereocenters. The van der Waals surface area contributed by atoms with Gasteiger partial charge in [0.2, 0.25) is 5.91 Å². The number of nitrogen functional groups attached to an aromatic ring is 1. The summed E-state index contributed by atoms with van der Waals surface area (Å²) in [5.41, 5.74) is 7.41. The van der Waals surface area contributed by atoms with E-state index >= 15 is 0 Å². The van der Waals surface area contributed by atoms with E-state index in [4.69, 9.17) is 10.5 Å². The molecule has 0 aliphatic carbocycles. The molecule has 0 radical (unpaired) electrons. The molecule has 0 aliphatic heterocycles. The zero-order chi connectivity index (χ0) is 11.8. The van der Waals surface area contributed by atoms with Crippen molar-refractivity contribution in [2.75, 3.05) is 19.4 Å². The Morgan fingerprint density at radius 2 is 2.06 bits per heavy atom. The van der Waals surface area contributed by atoms with Crippen LogP contribution in [0.5, 0.6) is 0 Å². The van der Waals surface area contributed by atoms with E-state index in [0.717, 1.165) is 17.7 Å². The summed E-state index contributed by atoms with van der Waals surface area (Å²) in [7, 11) is 1.64. The Labute approximate surface area is 95.8 Å². The summed E-state index contributed by atoms with van der Waals surface area (Å²) in [5, 5.41) is 2.57. The first-order valence-corrected chi connectivity index (χ1v) is 5.35. The molecule has 0 aliphatic rings. The number of carbonyl (C=O) groups is 1. The van der Waals surface area contributed by atoms with Crippen molar-refractivity contribution in [1.29, 1.82) is 0 Å².